The SMILES string of the molecule is Cc1ccc(N2CC[C@H]3C[C@@H](C(=O)NC4CCCC4)O[C@@H]3C2)nn1.O=C(O)C(F)(F)F. The van der Waals surface area contributed by atoms with Crippen LogP contribution in [0, 0.1) is 12.8 Å². The molecular formula is C20H27F3N4O4. The molecule has 0 unspecified atom stereocenters. The molecule has 1 aromatic rings. The van der Waals surface area contributed by atoms with Crippen LogP contribution in [0.25, 0.3) is 0 Å². The summed E-state index contributed by atoms with van der Waals surface area (Å²) in [6.45, 7) is 3.70. The van der Waals surface area contributed by atoms with Crippen molar-refractivity contribution in [3.8, 4) is 0 Å². The molecule has 172 valence electrons. The van der Waals surface area contributed by atoms with Crippen molar-refractivity contribution in [2.45, 2.75) is 69.9 Å². The number of piperidine rings is 1. The van der Waals surface area contributed by atoms with Crippen LogP contribution in [0.15, 0.2) is 12.1 Å². The smallest absolute Gasteiger partial charge is 0.475 e. The second kappa shape index (κ2) is 9.80. The van der Waals surface area contributed by atoms with Gasteiger partial charge in [0.15, 0.2) is 5.82 Å². The van der Waals surface area contributed by atoms with Gasteiger partial charge in [0.2, 0.25) is 5.91 Å². The number of carbonyl (C=O) groups is 2. The average Bonchev–Trinajstić information content (AvgIpc) is 3.37. The highest BCUT2D eigenvalue weighted by atomic mass is 19.4. The Bertz CT molecular complexity index is 769. The molecule has 2 aliphatic heterocycles. The van der Waals surface area contributed by atoms with Gasteiger partial charge >= 0.3 is 12.1 Å². The molecule has 3 aliphatic rings. The van der Waals surface area contributed by atoms with Crippen molar-refractivity contribution < 1.29 is 32.6 Å². The van der Waals surface area contributed by atoms with Crippen LogP contribution < -0.4 is 10.2 Å². The van der Waals surface area contributed by atoms with Crippen LogP contribution >= 0.6 is 0 Å². The third-order valence-electron chi connectivity index (χ3n) is 5.90. The van der Waals surface area contributed by atoms with E-state index in [9.17, 15) is 18.0 Å². The highest BCUT2D eigenvalue weighted by Gasteiger charge is 2.42. The maximum atomic E-state index is 12.5. The van der Waals surface area contributed by atoms with E-state index in [1.807, 2.05) is 19.1 Å². The highest BCUT2D eigenvalue weighted by Crippen LogP contribution is 2.34. The van der Waals surface area contributed by atoms with E-state index in [0.29, 0.717) is 12.0 Å². The van der Waals surface area contributed by atoms with Gasteiger partial charge < -0.3 is 20.1 Å². The van der Waals surface area contributed by atoms with Gasteiger partial charge in [-0.2, -0.15) is 18.3 Å². The summed E-state index contributed by atoms with van der Waals surface area (Å²) < 4.78 is 37.8. The molecule has 0 bridgehead atoms. The zero-order chi connectivity index (χ0) is 22.6. The van der Waals surface area contributed by atoms with Gasteiger partial charge in [-0.1, -0.05) is 12.8 Å². The molecule has 1 amide bonds. The average molecular weight is 444 g/mol. The monoisotopic (exact) mass is 444 g/mol. The summed E-state index contributed by atoms with van der Waals surface area (Å²) >= 11 is 0. The topological polar surface area (TPSA) is 105 Å². The summed E-state index contributed by atoms with van der Waals surface area (Å²) in [6, 6.07) is 4.37. The Morgan fingerprint density at radius 2 is 1.87 bits per heavy atom. The number of nitrogens with one attached hydrogen (secondary N) is 1. The number of hydrogen-bond donors (Lipinski definition) is 2. The van der Waals surface area contributed by atoms with E-state index in [1.165, 1.54) is 12.8 Å². The van der Waals surface area contributed by atoms with E-state index in [2.05, 4.69) is 20.4 Å². The fourth-order valence-corrected chi connectivity index (χ4v) is 4.23. The number of carboxylic acid groups (broad SMARTS) is 1. The molecular weight excluding hydrogens is 417 g/mol. The van der Waals surface area contributed by atoms with E-state index in [0.717, 1.165) is 50.3 Å². The summed E-state index contributed by atoms with van der Waals surface area (Å²) in [5.74, 6) is -1.27. The van der Waals surface area contributed by atoms with E-state index >= 15 is 0 Å². The molecule has 2 saturated heterocycles. The number of hydrogen-bond acceptors (Lipinski definition) is 6. The minimum atomic E-state index is -5.08. The largest absolute Gasteiger partial charge is 0.490 e. The molecule has 0 spiro atoms. The minimum absolute atomic E-state index is 0.0953. The Labute approximate surface area is 178 Å². The third kappa shape index (κ3) is 6.28. The fourth-order valence-electron chi connectivity index (χ4n) is 4.23. The van der Waals surface area contributed by atoms with E-state index in [-0.39, 0.29) is 18.1 Å². The molecule has 1 aromatic heterocycles. The lowest BCUT2D eigenvalue weighted by Crippen LogP contribution is -2.43. The van der Waals surface area contributed by atoms with Crippen molar-refractivity contribution in [2.75, 3.05) is 18.0 Å². The lowest BCUT2D eigenvalue weighted by atomic mass is 9.91. The van der Waals surface area contributed by atoms with Crippen molar-refractivity contribution >= 4 is 17.7 Å². The second-order valence-corrected chi connectivity index (χ2v) is 8.22. The number of halogens is 3. The summed E-state index contributed by atoms with van der Waals surface area (Å²) in [5, 5.41) is 18.7. The normalized spacial score (nSPS) is 26.1. The molecule has 11 heteroatoms. The number of aromatic nitrogens is 2. The maximum absolute atomic E-state index is 12.5. The standard InChI is InChI=1S/C18H26N4O2.C2HF3O2/c1-12-6-7-17(21-20-12)22-9-8-13-10-15(24-16(13)11-22)18(23)19-14-4-2-3-5-14;3-2(4,5)1(6)7/h6-7,13-16H,2-5,8-11H2,1H3,(H,19,23);(H,6,7)/t13-,15-,16+;/m0./s1. The van der Waals surface area contributed by atoms with Gasteiger partial charge in [0.25, 0.3) is 0 Å². The molecule has 3 atom stereocenters. The van der Waals surface area contributed by atoms with Gasteiger partial charge in [0.1, 0.15) is 6.10 Å². The summed E-state index contributed by atoms with van der Waals surface area (Å²) in [7, 11) is 0. The lowest BCUT2D eigenvalue weighted by molar-refractivity contribution is -0.192. The Morgan fingerprint density at radius 3 is 2.45 bits per heavy atom. The van der Waals surface area contributed by atoms with Crippen molar-refractivity contribution in [1.29, 1.82) is 0 Å². The van der Waals surface area contributed by atoms with Gasteiger partial charge in [-0.25, -0.2) is 4.79 Å². The number of alkyl halides is 3. The van der Waals surface area contributed by atoms with Gasteiger partial charge in [-0.15, -0.1) is 5.10 Å². The lowest BCUT2D eigenvalue weighted by Gasteiger charge is -2.34. The Balaban J connectivity index is 0.000000339. The first kappa shape index (κ1) is 23.2. The molecule has 8 nitrogen and oxygen atoms in total. The summed E-state index contributed by atoms with van der Waals surface area (Å²) in [6.07, 6.45) is 1.37. The number of carbonyl (C=O) groups excluding carboxylic acids is 1. The quantitative estimate of drug-likeness (QED) is 0.738. The predicted molar refractivity (Wildman–Crippen MR) is 104 cm³/mol. The van der Waals surface area contributed by atoms with Crippen LogP contribution in [0.2, 0.25) is 0 Å². The molecule has 3 fully saturated rings. The number of fused-ring (bicyclic) bond motifs is 1. The first-order valence-electron chi connectivity index (χ1n) is 10.4. The molecule has 2 N–H and O–H groups in total. The highest BCUT2D eigenvalue weighted by molar-refractivity contribution is 5.81. The molecule has 1 aliphatic carbocycles. The number of amides is 1. The first-order chi connectivity index (χ1) is 14.6. The van der Waals surface area contributed by atoms with Gasteiger partial charge in [-0.05, 0) is 50.7 Å². The molecule has 0 radical (unpaired) electrons. The van der Waals surface area contributed by atoms with Crippen LogP contribution in [-0.2, 0) is 14.3 Å². The predicted octanol–water partition coefficient (Wildman–Crippen LogP) is 2.46. The van der Waals surface area contributed by atoms with E-state index in [4.69, 9.17) is 14.6 Å². The number of anilines is 1. The molecule has 0 aromatic carbocycles. The number of carboxylic acids is 1. The van der Waals surface area contributed by atoms with Gasteiger partial charge in [0, 0.05) is 19.1 Å². The van der Waals surface area contributed by atoms with Crippen LogP contribution in [0.3, 0.4) is 0 Å². The summed E-state index contributed by atoms with van der Waals surface area (Å²) in [4.78, 5) is 23.6. The molecule has 4 rings (SSSR count). The van der Waals surface area contributed by atoms with Crippen LogP contribution in [0.4, 0.5) is 19.0 Å². The Hall–Kier alpha value is -2.43. The van der Waals surface area contributed by atoms with Crippen molar-refractivity contribution in [3.05, 3.63) is 17.8 Å². The molecule has 31 heavy (non-hydrogen) atoms. The van der Waals surface area contributed by atoms with Crippen molar-refractivity contribution in [3.63, 3.8) is 0 Å². The molecule has 1 saturated carbocycles. The minimum Gasteiger partial charge on any atom is -0.475 e. The van der Waals surface area contributed by atoms with Crippen LogP contribution in [0.5, 0.6) is 0 Å². The summed E-state index contributed by atoms with van der Waals surface area (Å²) in [5.41, 5.74) is 0.925. The van der Waals surface area contributed by atoms with E-state index in [1.54, 1.807) is 0 Å². The maximum Gasteiger partial charge on any atom is 0.490 e. The zero-order valence-corrected chi connectivity index (χ0v) is 17.3. The Kier molecular flexibility index (Phi) is 7.34. The molecule has 3 heterocycles. The van der Waals surface area contributed by atoms with Crippen LogP contribution in [0.1, 0.15) is 44.2 Å². The second-order valence-electron chi connectivity index (χ2n) is 8.22. The number of ether oxygens (including phenoxy) is 1. The Morgan fingerprint density at radius 1 is 1.19 bits per heavy atom. The van der Waals surface area contributed by atoms with Gasteiger partial charge in [0.05, 0.1) is 11.8 Å². The number of aliphatic carboxylic acids is 1. The van der Waals surface area contributed by atoms with Gasteiger partial charge in [-0.3, -0.25) is 4.79 Å². The third-order valence-corrected chi connectivity index (χ3v) is 5.90. The van der Waals surface area contributed by atoms with Crippen molar-refractivity contribution in [1.82, 2.24) is 15.5 Å². The van der Waals surface area contributed by atoms with E-state index < -0.39 is 12.1 Å². The van der Waals surface area contributed by atoms with Crippen molar-refractivity contribution in [2.24, 2.45) is 5.92 Å². The zero-order valence-electron chi connectivity index (χ0n) is 17.3. The number of aryl methyl sites for hydroxylation is 1. The number of nitrogens with zero attached hydrogens (tertiary/aromatic N) is 3. The number of rotatable bonds is 3. The first-order valence-corrected chi connectivity index (χ1v) is 10.4. The fraction of sp³-hybridized carbons (Fsp3) is 0.700. The van der Waals surface area contributed by atoms with Crippen LogP contribution in [-0.4, -0.2) is 64.7 Å².